The minimum atomic E-state index is -0.463. The maximum Gasteiger partial charge on any atom is 0.245 e. The number of aromatic nitrogens is 3. The van der Waals surface area contributed by atoms with Crippen molar-refractivity contribution in [2.24, 2.45) is 0 Å². The van der Waals surface area contributed by atoms with Crippen molar-refractivity contribution in [3.63, 3.8) is 0 Å². The predicted octanol–water partition coefficient (Wildman–Crippen LogP) is 0.283. The van der Waals surface area contributed by atoms with Crippen molar-refractivity contribution in [3.8, 4) is 0 Å². The lowest BCUT2D eigenvalue weighted by atomic mass is 10.3. The molecule has 7 heteroatoms. The van der Waals surface area contributed by atoms with Gasteiger partial charge >= 0.3 is 0 Å². The summed E-state index contributed by atoms with van der Waals surface area (Å²) in [6, 6.07) is 3.10. The third-order valence-corrected chi connectivity index (χ3v) is 2.72. The number of aliphatic hydroxyl groups excluding tert-OH is 1. The molecule has 0 spiro atoms. The highest BCUT2D eigenvalue weighted by Gasteiger charge is 2.16. The van der Waals surface area contributed by atoms with Crippen LogP contribution in [0.2, 0.25) is 0 Å². The van der Waals surface area contributed by atoms with Gasteiger partial charge in [0.15, 0.2) is 0 Å². The van der Waals surface area contributed by atoms with Crippen LogP contribution >= 0.6 is 0 Å². The standard InChI is InChI=1S/C12H16N4O3/c1-9(16-8-10(4-5-17)14-15-16)12(18)13-7-11-3-2-6-19-11/h2-3,6,8-9,17H,4-5,7H2,1H3,(H,13,18). The molecule has 7 nitrogen and oxygen atoms in total. The van der Waals surface area contributed by atoms with Gasteiger partial charge in [0.1, 0.15) is 11.8 Å². The third kappa shape index (κ3) is 3.41. The van der Waals surface area contributed by atoms with Crippen LogP contribution in [0.1, 0.15) is 24.4 Å². The van der Waals surface area contributed by atoms with E-state index in [0.717, 1.165) is 0 Å². The average Bonchev–Trinajstić information content (AvgIpc) is 3.06. The van der Waals surface area contributed by atoms with E-state index in [2.05, 4.69) is 15.6 Å². The second-order valence-electron chi connectivity index (χ2n) is 4.14. The monoisotopic (exact) mass is 264 g/mol. The van der Waals surface area contributed by atoms with Gasteiger partial charge in [-0.05, 0) is 19.1 Å². The Morgan fingerprint density at radius 1 is 1.63 bits per heavy atom. The molecule has 0 aliphatic carbocycles. The molecule has 0 saturated heterocycles. The Morgan fingerprint density at radius 2 is 2.47 bits per heavy atom. The molecule has 2 heterocycles. The number of rotatable bonds is 6. The molecule has 102 valence electrons. The third-order valence-electron chi connectivity index (χ3n) is 2.72. The van der Waals surface area contributed by atoms with Gasteiger partial charge in [0.05, 0.1) is 18.5 Å². The normalized spacial score (nSPS) is 12.3. The van der Waals surface area contributed by atoms with E-state index in [-0.39, 0.29) is 12.5 Å². The Kier molecular flexibility index (Phi) is 4.30. The number of furan rings is 1. The molecule has 0 bridgehead atoms. The zero-order valence-electron chi connectivity index (χ0n) is 10.6. The zero-order chi connectivity index (χ0) is 13.7. The van der Waals surface area contributed by atoms with Crippen LogP contribution in [-0.2, 0) is 17.8 Å². The molecule has 19 heavy (non-hydrogen) atoms. The molecule has 0 aliphatic rings. The first kappa shape index (κ1) is 13.3. The second kappa shape index (κ2) is 6.14. The van der Waals surface area contributed by atoms with E-state index < -0.39 is 6.04 Å². The first-order valence-electron chi connectivity index (χ1n) is 6.02. The molecule has 2 rings (SSSR count). The molecule has 2 N–H and O–H groups in total. The number of hydrogen-bond donors (Lipinski definition) is 2. The van der Waals surface area contributed by atoms with Gasteiger partial charge in [0.2, 0.25) is 5.91 Å². The number of hydrogen-bond acceptors (Lipinski definition) is 5. The number of carbonyl (C=O) groups excluding carboxylic acids is 1. The van der Waals surface area contributed by atoms with Crippen molar-refractivity contribution in [2.75, 3.05) is 6.61 Å². The fraction of sp³-hybridized carbons (Fsp3) is 0.417. The van der Waals surface area contributed by atoms with Crippen LogP contribution in [0.4, 0.5) is 0 Å². The van der Waals surface area contributed by atoms with E-state index in [0.29, 0.717) is 24.4 Å². The van der Waals surface area contributed by atoms with Crippen molar-refractivity contribution in [1.29, 1.82) is 0 Å². The van der Waals surface area contributed by atoms with E-state index in [9.17, 15) is 4.79 Å². The van der Waals surface area contributed by atoms with Crippen LogP contribution in [0.3, 0.4) is 0 Å². The van der Waals surface area contributed by atoms with Crippen LogP contribution < -0.4 is 5.32 Å². The molecule has 0 aromatic carbocycles. The minimum absolute atomic E-state index is 0.0117. The number of nitrogens with zero attached hydrogens (tertiary/aromatic N) is 3. The highest BCUT2D eigenvalue weighted by molar-refractivity contribution is 5.79. The first-order chi connectivity index (χ1) is 9.20. The lowest BCUT2D eigenvalue weighted by Crippen LogP contribution is -2.30. The van der Waals surface area contributed by atoms with Crippen molar-refractivity contribution >= 4 is 5.91 Å². The summed E-state index contributed by atoms with van der Waals surface area (Å²) in [5, 5.41) is 19.3. The summed E-state index contributed by atoms with van der Waals surface area (Å²) >= 11 is 0. The average molecular weight is 264 g/mol. The summed E-state index contributed by atoms with van der Waals surface area (Å²) < 4.78 is 6.60. The van der Waals surface area contributed by atoms with Gasteiger partial charge in [-0.3, -0.25) is 4.79 Å². The van der Waals surface area contributed by atoms with Crippen molar-refractivity contribution < 1.29 is 14.3 Å². The summed E-state index contributed by atoms with van der Waals surface area (Å²) in [5.74, 6) is 0.525. The zero-order valence-corrected chi connectivity index (χ0v) is 10.6. The smallest absolute Gasteiger partial charge is 0.245 e. The van der Waals surface area contributed by atoms with E-state index in [1.807, 2.05) is 0 Å². The highest BCUT2D eigenvalue weighted by Crippen LogP contribution is 2.06. The minimum Gasteiger partial charge on any atom is -0.467 e. The Hall–Kier alpha value is -2.15. The van der Waals surface area contributed by atoms with Gasteiger partial charge < -0.3 is 14.8 Å². The second-order valence-corrected chi connectivity index (χ2v) is 4.14. The molecule has 1 unspecified atom stereocenters. The molecule has 1 atom stereocenters. The number of aliphatic hydroxyl groups is 1. The van der Waals surface area contributed by atoms with Gasteiger partial charge in [-0.25, -0.2) is 4.68 Å². The number of carbonyl (C=O) groups is 1. The molecule has 1 amide bonds. The molecule has 0 radical (unpaired) electrons. The molecular weight excluding hydrogens is 248 g/mol. The largest absolute Gasteiger partial charge is 0.467 e. The van der Waals surface area contributed by atoms with E-state index in [1.54, 1.807) is 31.5 Å². The quantitative estimate of drug-likeness (QED) is 0.782. The molecule has 0 fully saturated rings. The maximum absolute atomic E-state index is 11.9. The van der Waals surface area contributed by atoms with Crippen LogP contribution in [0, 0.1) is 0 Å². The summed E-state index contributed by atoms with van der Waals surface area (Å²) in [5.41, 5.74) is 0.660. The molecule has 0 saturated carbocycles. The molecule has 2 aromatic rings. The maximum atomic E-state index is 11.9. The lowest BCUT2D eigenvalue weighted by Gasteiger charge is -2.10. The van der Waals surface area contributed by atoms with Crippen LogP contribution in [0.5, 0.6) is 0 Å². The van der Waals surface area contributed by atoms with Crippen LogP contribution in [-0.4, -0.2) is 32.6 Å². The SMILES string of the molecule is CC(C(=O)NCc1ccco1)n1cc(CCO)nn1. The Bertz CT molecular complexity index is 521. The summed E-state index contributed by atoms with van der Waals surface area (Å²) in [6.07, 6.45) is 3.65. The van der Waals surface area contributed by atoms with Crippen molar-refractivity contribution in [2.45, 2.75) is 25.9 Å². The van der Waals surface area contributed by atoms with E-state index in [4.69, 9.17) is 9.52 Å². The van der Waals surface area contributed by atoms with Gasteiger partial charge in [-0.15, -0.1) is 5.10 Å². The fourth-order valence-corrected chi connectivity index (χ4v) is 1.59. The first-order valence-corrected chi connectivity index (χ1v) is 6.02. The van der Waals surface area contributed by atoms with Crippen molar-refractivity contribution in [3.05, 3.63) is 36.0 Å². The summed E-state index contributed by atoms with van der Waals surface area (Å²) in [4.78, 5) is 11.9. The van der Waals surface area contributed by atoms with Gasteiger partial charge in [0.25, 0.3) is 0 Å². The summed E-state index contributed by atoms with van der Waals surface area (Å²) in [7, 11) is 0. The predicted molar refractivity (Wildman–Crippen MR) is 66.1 cm³/mol. The number of amides is 1. The molecule has 2 aromatic heterocycles. The van der Waals surface area contributed by atoms with Gasteiger partial charge in [0, 0.05) is 19.2 Å². The van der Waals surface area contributed by atoms with Gasteiger partial charge in [-0.1, -0.05) is 5.21 Å². The van der Waals surface area contributed by atoms with Crippen LogP contribution in [0.15, 0.2) is 29.0 Å². The number of nitrogens with one attached hydrogen (secondary N) is 1. The topological polar surface area (TPSA) is 93.2 Å². The van der Waals surface area contributed by atoms with Crippen molar-refractivity contribution in [1.82, 2.24) is 20.3 Å². The van der Waals surface area contributed by atoms with Crippen LogP contribution in [0.25, 0.3) is 0 Å². The van der Waals surface area contributed by atoms with E-state index in [1.165, 1.54) is 4.68 Å². The van der Waals surface area contributed by atoms with E-state index >= 15 is 0 Å². The highest BCUT2D eigenvalue weighted by atomic mass is 16.3. The summed E-state index contributed by atoms with van der Waals surface area (Å²) in [6.45, 7) is 2.08. The molecule has 0 aliphatic heterocycles. The van der Waals surface area contributed by atoms with Gasteiger partial charge in [-0.2, -0.15) is 0 Å². The Morgan fingerprint density at radius 3 is 3.16 bits per heavy atom. The fourth-order valence-electron chi connectivity index (χ4n) is 1.59. The Balaban J connectivity index is 1.90. The lowest BCUT2D eigenvalue weighted by molar-refractivity contribution is -0.124. The molecular formula is C12H16N4O3. The Labute approximate surface area is 110 Å².